The van der Waals surface area contributed by atoms with Crippen molar-refractivity contribution in [3.63, 3.8) is 0 Å². The number of ketones is 1. The molecule has 2 aliphatic rings. The summed E-state index contributed by atoms with van der Waals surface area (Å²) in [5, 5.41) is 27.3. The van der Waals surface area contributed by atoms with Gasteiger partial charge in [-0.05, 0) is 60.9 Å². The van der Waals surface area contributed by atoms with Crippen LogP contribution >= 0.6 is 0 Å². The molecular formula is C22H20N2O2. The Kier molecular flexibility index (Phi) is 5.46. The highest BCUT2D eigenvalue weighted by Crippen LogP contribution is 2.31. The molecule has 4 heteroatoms. The third-order valence-electron chi connectivity index (χ3n) is 5.02. The lowest BCUT2D eigenvalue weighted by Crippen LogP contribution is -2.11. The molecule has 2 aliphatic carbocycles. The molecule has 0 spiro atoms. The Morgan fingerprint density at radius 1 is 0.885 bits per heavy atom. The normalized spacial score (nSPS) is 17.7. The number of benzene rings is 2. The van der Waals surface area contributed by atoms with Crippen molar-refractivity contribution < 1.29 is 9.90 Å². The smallest absolute Gasteiger partial charge is 0.163 e. The van der Waals surface area contributed by atoms with Gasteiger partial charge in [0.1, 0.15) is 0 Å². The van der Waals surface area contributed by atoms with Gasteiger partial charge in [0.25, 0.3) is 0 Å². The van der Waals surface area contributed by atoms with E-state index in [0.29, 0.717) is 12.0 Å². The number of aliphatic hydroxyl groups excluding tert-OH is 1. The minimum atomic E-state index is -0.364. The number of aliphatic hydroxyl groups is 1. The number of nitriles is 2. The van der Waals surface area contributed by atoms with Crippen molar-refractivity contribution in [2.75, 3.05) is 0 Å². The van der Waals surface area contributed by atoms with Crippen molar-refractivity contribution in [3.8, 4) is 12.1 Å². The van der Waals surface area contributed by atoms with Crippen LogP contribution in [0.3, 0.4) is 0 Å². The molecule has 0 radical (unpaired) electrons. The second-order valence-electron chi connectivity index (χ2n) is 6.61. The Bertz CT molecular complexity index is 919. The number of hydrogen-bond donors (Lipinski definition) is 1. The molecule has 2 aromatic rings. The number of nitrogens with zero attached hydrogens (tertiary/aromatic N) is 2. The molecule has 4 rings (SSSR count). The van der Waals surface area contributed by atoms with Crippen molar-refractivity contribution in [1.29, 1.82) is 10.5 Å². The van der Waals surface area contributed by atoms with Crippen LogP contribution in [-0.4, -0.2) is 10.9 Å². The van der Waals surface area contributed by atoms with Gasteiger partial charge in [-0.25, -0.2) is 0 Å². The topological polar surface area (TPSA) is 84.9 Å². The zero-order valence-electron chi connectivity index (χ0n) is 14.5. The fourth-order valence-corrected chi connectivity index (χ4v) is 3.71. The summed E-state index contributed by atoms with van der Waals surface area (Å²) in [4.78, 5) is 11.4. The Hall–Kier alpha value is -2.95. The second-order valence-corrected chi connectivity index (χ2v) is 6.61. The van der Waals surface area contributed by atoms with Crippen LogP contribution < -0.4 is 0 Å². The van der Waals surface area contributed by atoms with Gasteiger partial charge in [0.15, 0.2) is 5.78 Å². The van der Waals surface area contributed by atoms with Gasteiger partial charge in [-0.3, -0.25) is 4.79 Å². The zero-order chi connectivity index (χ0) is 18.5. The van der Waals surface area contributed by atoms with Crippen LogP contribution in [0.1, 0.15) is 70.0 Å². The molecular weight excluding hydrogens is 324 g/mol. The molecule has 0 aliphatic heterocycles. The summed E-state index contributed by atoms with van der Waals surface area (Å²) in [5.74, 6) is 0.179. The fourth-order valence-electron chi connectivity index (χ4n) is 3.71. The van der Waals surface area contributed by atoms with Crippen LogP contribution in [0.25, 0.3) is 0 Å². The van der Waals surface area contributed by atoms with Crippen molar-refractivity contribution >= 4 is 5.78 Å². The van der Waals surface area contributed by atoms with E-state index in [2.05, 4.69) is 12.1 Å². The van der Waals surface area contributed by atoms with E-state index in [-0.39, 0.29) is 11.9 Å². The third-order valence-corrected chi connectivity index (χ3v) is 5.02. The van der Waals surface area contributed by atoms with E-state index < -0.39 is 0 Å². The number of fused-ring (bicyclic) bond motifs is 2. The molecule has 0 amide bonds. The van der Waals surface area contributed by atoms with Gasteiger partial charge in [-0.2, -0.15) is 10.5 Å². The highest BCUT2D eigenvalue weighted by atomic mass is 16.3. The van der Waals surface area contributed by atoms with Crippen LogP contribution in [-0.2, 0) is 12.8 Å². The Morgan fingerprint density at radius 2 is 1.54 bits per heavy atom. The molecule has 26 heavy (non-hydrogen) atoms. The first-order valence-electron chi connectivity index (χ1n) is 8.91. The lowest BCUT2D eigenvalue weighted by molar-refractivity contribution is 0.0972. The molecule has 0 saturated heterocycles. The summed E-state index contributed by atoms with van der Waals surface area (Å²) in [6.45, 7) is 0. The highest BCUT2D eigenvalue weighted by Gasteiger charge is 2.20. The van der Waals surface area contributed by atoms with E-state index >= 15 is 0 Å². The van der Waals surface area contributed by atoms with Gasteiger partial charge in [-0.15, -0.1) is 0 Å². The zero-order valence-corrected chi connectivity index (χ0v) is 14.5. The van der Waals surface area contributed by atoms with Gasteiger partial charge in [0, 0.05) is 12.0 Å². The van der Waals surface area contributed by atoms with Crippen LogP contribution in [0.5, 0.6) is 0 Å². The van der Waals surface area contributed by atoms with Crippen molar-refractivity contribution in [3.05, 3.63) is 69.8 Å². The summed E-state index contributed by atoms with van der Waals surface area (Å²) in [6, 6.07) is 15.2. The predicted molar refractivity (Wildman–Crippen MR) is 97.5 cm³/mol. The molecule has 1 atom stereocenters. The number of rotatable bonds is 0. The van der Waals surface area contributed by atoms with Crippen LogP contribution in [0, 0.1) is 22.7 Å². The van der Waals surface area contributed by atoms with E-state index in [4.69, 9.17) is 10.5 Å². The average Bonchev–Trinajstić information content (AvgIpc) is 2.68. The summed E-state index contributed by atoms with van der Waals surface area (Å²) in [7, 11) is 0. The molecule has 1 N–H and O–H groups in total. The molecule has 2 aromatic carbocycles. The number of Topliss-reactive ketones (excluding diaryl/α,β-unsaturated/α-hetero) is 1. The maximum absolute atomic E-state index is 11.4. The van der Waals surface area contributed by atoms with Crippen molar-refractivity contribution in [2.45, 2.75) is 44.6 Å². The van der Waals surface area contributed by atoms with Gasteiger partial charge < -0.3 is 5.11 Å². The highest BCUT2D eigenvalue weighted by molar-refractivity contribution is 5.98. The van der Waals surface area contributed by atoms with Gasteiger partial charge in [0.05, 0.1) is 29.4 Å². The van der Waals surface area contributed by atoms with E-state index in [9.17, 15) is 9.90 Å². The summed E-state index contributed by atoms with van der Waals surface area (Å²) in [6.07, 6.45) is 4.74. The molecule has 4 nitrogen and oxygen atoms in total. The maximum Gasteiger partial charge on any atom is 0.163 e. The first-order chi connectivity index (χ1) is 12.7. The fraction of sp³-hybridized carbons (Fsp3) is 0.318. The first-order valence-corrected chi connectivity index (χ1v) is 8.91. The molecule has 0 unspecified atom stereocenters. The molecule has 0 fully saturated rings. The molecule has 130 valence electrons. The summed E-state index contributed by atoms with van der Waals surface area (Å²) in [5.41, 5.74) is 5.07. The van der Waals surface area contributed by atoms with E-state index in [1.54, 1.807) is 12.1 Å². The van der Waals surface area contributed by atoms with E-state index in [1.165, 1.54) is 0 Å². The Balaban J connectivity index is 0.000000151. The third kappa shape index (κ3) is 3.52. The Morgan fingerprint density at radius 3 is 2.27 bits per heavy atom. The Labute approximate surface area is 153 Å². The molecule has 0 heterocycles. The molecule has 0 saturated carbocycles. The summed E-state index contributed by atoms with van der Waals surface area (Å²) >= 11 is 0. The lowest BCUT2D eigenvalue weighted by atomic mass is 9.87. The lowest BCUT2D eigenvalue weighted by Gasteiger charge is -2.21. The average molecular weight is 344 g/mol. The number of hydrogen-bond acceptors (Lipinski definition) is 4. The maximum atomic E-state index is 11.4. The number of carbonyl (C=O) groups is 1. The largest absolute Gasteiger partial charge is 0.388 e. The van der Waals surface area contributed by atoms with Crippen molar-refractivity contribution in [1.82, 2.24) is 0 Å². The molecule has 0 bridgehead atoms. The predicted octanol–water partition coefficient (Wildman–Crippen LogP) is 4.01. The minimum Gasteiger partial charge on any atom is -0.388 e. The standard InChI is InChI=1S/C11H11NO.C11H9NO/c2*12-7-8-3-1-5-10-9(8)4-2-6-11(10)13/h1,3,5,11,13H,2,4,6H2;1,3,5H,2,4,6H2/t11-;/m1./s1. The summed E-state index contributed by atoms with van der Waals surface area (Å²) < 4.78 is 0. The monoisotopic (exact) mass is 344 g/mol. The van der Waals surface area contributed by atoms with E-state index in [1.807, 2.05) is 24.3 Å². The van der Waals surface area contributed by atoms with E-state index in [0.717, 1.165) is 59.9 Å². The second kappa shape index (κ2) is 7.95. The van der Waals surface area contributed by atoms with Crippen LogP contribution in [0.4, 0.5) is 0 Å². The van der Waals surface area contributed by atoms with Crippen molar-refractivity contribution in [2.24, 2.45) is 0 Å². The quantitative estimate of drug-likeness (QED) is 0.782. The van der Waals surface area contributed by atoms with Crippen LogP contribution in [0.15, 0.2) is 36.4 Å². The van der Waals surface area contributed by atoms with Gasteiger partial charge in [0.2, 0.25) is 0 Å². The van der Waals surface area contributed by atoms with Gasteiger partial charge in [-0.1, -0.05) is 24.3 Å². The molecule has 0 aromatic heterocycles. The van der Waals surface area contributed by atoms with Gasteiger partial charge >= 0.3 is 0 Å². The number of carbonyl (C=O) groups excluding carboxylic acids is 1. The minimum absolute atomic E-state index is 0.179. The SMILES string of the molecule is N#Cc1cccc2c1CCCC2=O.N#Cc1cccc2c1CCC[C@H]2O. The first kappa shape index (κ1) is 17.9. The van der Waals surface area contributed by atoms with Crippen LogP contribution in [0.2, 0.25) is 0 Å².